The van der Waals surface area contributed by atoms with E-state index in [1.807, 2.05) is 64.0 Å². The summed E-state index contributed by atoms with van der Waals surface area (Å²) in [5, 5.41) is 3.26. The molecule has 1 aliphatic carbocycles. The topological polar surface area (TPSA) is 94.2 Å². The van der Waals surface area contributed by atoms with Gasteiger partial charge in [-0.1, -0.05) is 19.1 Å². The first-order chi connectivity index (χ1) is 16.2. The van der Waals surface area contributed by atoms with Crippen molar-refractivity contribution >= 4 is 23.4 Å². The summed E-state index contributed by atoms with van der Waals surface area (Å²) in [6.07, 6.45) is 0.497. The Hall–Kier alpha value is -3.13. The monoisotopic (exact) mass is 470 g/mol. The largest absolute Gasteiger partial charge is 0.468 e. The molecule has 8 nitrogen and oxygen atoms in total. The van der Waals surface area contributed by atoms with Crippen molar-refractivity contribution in [2.24, 2.45) is 11.8 Å². The number of carbonyl (C=O) groups is 3. The van der Waals surface area contributed by atoms with Gasteiger partial charge in [0, 0.05) is 49.3 Å². The van der Waals surface area contributed by atoms with Crippen LogP contribution in [0.4, 0.5) is 5.69 Å². The van der Waals surface area contributed by atoms with Gasteiger partial charge in [0.2, 0.25) is 0 Å². The molecular weight excluding hydrogens is 436 g/mol. The van der Waals surface area contributed by atoms with E-state index in [2.05, 4.69) is 5.32 Å². The maximum Gasteiger partial charge on any atom is 0.336 e. The van der Waals surface area contributed by atoms with E-state index < -0.39 is 23.8 Å². The zero-order valence-corrected chi connectivity index (χ0v) is 20.8. The number of hydrogen-bond acceptors (Lipinski definition) is 8. The van der Waals surface area contributed by atoms with Gasteiger partial charge in [-0.05, 0) is 43.9 Å². The van der Waals surface area contributed by atoms with Gasteiger partial charge in [-0.3, -0.25) is 9.59 Å². The molecule has 1 aromatic rings. The Morgan fingerprint density at radius 3 is 2.41 bits per heavy atom. The van der Waals surface area contributed by atoms with Gasteiger partial charge in [-0.15, -0.1) is 0 Å². The Labute approximate surface area is 200 Å². The van der Waals surface area contributed by atoms with E-state index in [1.54, 1.807) is 0 Å². The zero-order valence-electron chi connectivity index (χ0n) is 20.8. The second-order valence-corrected chi connectivity index (χ2v) is 8.85. The van der Waals surface area contributed by atoms with Crippen LogP contribution in [0.25, 0.3) is 0 Å². The number of Topliss-reactive ketones (excluding diaryl/α,β-unsaturated/α-hetero) is 1. The summed E-state index contributed by atoms with van der Waals surface area (Å²) < 4.78 is 15.7. The summed E-state index contributed by atoms with van der Waals surface area (Å²) in [7, 11) is 5.17. The number of hydrogen-bond donors (Lipinski definition) is 1. The molecule has 2 aliphatic rings. The molecule has 0 bridgehead atoms. The van der Waals surface area contributed by atoms with Gasteiger partial charge < -0.3 is 24.4 Å². The first-order valence-corrected chi connectivity index (χ1v) is 11.6. The van der Waals surface area contributed by atoms with Crippen LogP contribution in [0.3, 0.4) is 0 Å². The SMILES string of the molecule is CCOCCOC(=O)C1=C(C)NC2=C(C(=O)[C@H](C(=O)OC)[C@H](C)C2)[C@H]1c1ccc(N(C)C)cc1. The van der Waals surface area contributed by atoms with Gasteiger partial charge >= 0.3 is 11.9 Å². The Balaban J connectivity index is 2.08. The number of benzene rings is 1. The number of ether oxygens (including phenoxy) is 3. The minimum atomic E-state index is -0.914. The summed E-state index contributed by atoms with van der Waals surface area (Å²) in [6, 6.07) is 7.71. The highest BCUT2D eigenvalue weighted by atomic mass is 16.6. The predicted octanol–water partition coefficient (Wildman–Crippen LogP) is 2.95. The van der Waals surface area contributed by atoms with Crippen LogP contribution >= 0.6 is 0 Å². The van der Waals surface area contributed by atoms with E-state index in [0.717, 1.165) is 16.9 Å². The Morgan fingerprint density at radius 2 is 1.82 bits per heavy atom. The number of carbonyl (C=O) groups excluding carboxylic acids is 3. The van der Waals surface area contributed by atoms with Crippen LogP contribution in [0.2, 0.25) is 0 Å². The molecule has 1 aliphatic heterocycles. The van der Waals surface area contributed by atoms with Gasteiger partial charge in [-0.2, -0.15) is 0 Å². The molecule has 0 spiro atoms. The lowest BCUT2D eigenvalue weighted by Crippen LogP contribution is -2.43. The molecule has 1 heterocycles. The van der Waals surface area contributed by atoms with Crippen molar-refractivity contribution in [1.29, 1.82) is 0 Å². The van der Waals surface area contributed by atoms with E-state index in [9.17, 15) is 14.4 Å². The number of esters is 2. The lowest BCUT2D eigenvalue weighted by molar-refractivity contribution is -0.151. The summed E-state index contributed by atoms with van der Waals surface area (Å²) in [5.41, 5.74) is 3.93. The van der Waals surface area contributed by atoms with E-state index >= 15 is 0 Å². The molecule has 0 saturated carbocycles. The summed E-state index contributed by atoms with van der Waals surface area (Å²) in [4.78, 5) is 41.4. The molecule has 34 heavy (non-hydrogen) atoms. The number of rotatable bonds is 8. The third-order valence-corrected chi connectivity index (χ3v) is 6.37. The van der Waals surface area contributed by atoms with Gasteiger partial charge in [0.05, 0.1) is 19.3 Å². The van der Waals surface area contributed by atoms with Crippen molar-refractivity contribution in [3.05, 3.63) is 52.4 Å². The van der Waals surface area contributed by atoms with Crippen LogP contribution in [0.5, 0.6) is 0 Å². The molecule has 3 rings (SSSR count). The lowest BCUT2D eigenvalue weighted by atomic mass is 9.69. The average molecular weight is 471 g/mol. The molecule has 1 aromatic carbocycles. The fourth-order valence-corrected chi connectivity index (χ4v) is 4.66. The number of nitrogens with zero attached hydrogens (tertiary/aromatic N) is 1. The highest BCUT2D eigenvalue weighted by molar-refractivity contribution is 6.12. The maximum absolute atomic E-state index is 13.7. The Morgan fingerprint density at radius 1 is 1.15 bits per heavy atom. The predicted molar refractivity (Wildman–Crippen MR) is 128 cm³/mol. The van der Waals surface area contributed by atoms with E-state index in [0.29, 0.717) is 36.5 Å². The second kappa shape index (κ2) is 10.9. The van der Waals surface area contributed by atoms with Crippen molar-refractivity contribution < 1.29 is 28.6 Å². The molecule has 184 valence electrons. The number of ketones is 1. The van der Waals surface area contributed by atoms with Crippen LogP contribution in [0, 0.1) is 11.8 Å². The molecule has 0 unspecified atom stereocenters. The lowest BCUT2D eigenvalue weighted by Gasteiger charge is -2.38. The molecule has 0 amide bonds. The molecule has 0 radical (unpaired) electrons. The van der Waals surface area contributed by atoms with Crippen molar-refractivity contribution in [2.45, 2.75) is 33.1 Å². The smallest absolute Gasteiger partial charge is 0.336 e. The molecule has 0 fully saturated rings. The Bertz CT molecular complexity index is 1010. The standard InChI is InChI=1S/C26H34N2O6/c1-7-33-12-13-34-26(31)21-16(3)27-19-14-15(2)20(25(30)32-6)24(29)23(19)22(21)17-8-10-18(11-9-17)28(4)5/h8-11,15,20,22,27H,7,12-14H2,1-6H3/t15-,20-,22+/m1/s1. The van der Waals surface area contributed by atoms with Crippen LogP contribution in [0.1, 0.15) is 38.7 Å². The summed E-state index contributed by atoms with van der Waals surface area (Å²) in [5.74, 6) is -3.18. The first-order valence-electron chi connectivity index (χ1n) is 11.6. The number of nitrogens with one attached hydrogen (secondary N) is 1. The fraction of sp³-hybridized carbons (Fsp3) is 0.500. The quantitative estimate of drug-likeness (QED) is 0.352. The van der Waals surface area contributed by atoms with Gasteiger partial charge in [0.25, 0.3) is 0 Å². The highest BCUT2D eigenvalue weighted by Crippen LogP contribution is 2.45. The van der Waals surface area contributed by atoms with Gasteiger partial charge in [0.1, 0.15) is 12.5 Å². The molecule has 0 saturated heterocycles. The van der Waals surface area contributed by atoms with Crippen molar-refractivity contribution in [1.82, 2.24) is 5.32 Å². The van der Waals surface area contributed by atoms with E-state index in [4.69, 9.17) is 14.2 Å². The molecule has 0 aromatic heterocycles. The minimum Gasteiger partial charge on any atom is -0.468 e. The number of anilines is 1. The van der Waals surface area contributed by atoms with Crippen LogP contribution in [0.15, 0.2) is 46.8 Å². The van der Waals surface area contributed by atoms with Crippen LogP contribution in [-0.4, -0.2) is 58.7 Å². The molecular formula is C26H34N2O6. The Kier molecular flexibility index (Phi) is 8.15. The number of methoxy groups -OCH3 is 1. The van der Waals surface area contributed by atoms with Gasteiger partial charge in [-0.25, -0.2) is 4.79 Å². The summed E-state index contributed by atoms with van der Waals surface area (Å²) in [6.45, 7) is 6.47. The molecule has 8 heteroatoms. The highest BCUT2D eigenvalue weighted by Gasteiger charge is 2.47. The summed E-state index contributed by atoms with van der Waals surface area (Å²) >= 11 is 0. The van der Waals surface area contributed by atoms with Gasteiger partial charge in [0.15, 0.2) is 5.78 Å². The number of allylic oxidation sites excluding steroid dienone is 3. The van der Waals surface area contributed by atoms with Crippen LogP contribution in [-0.2, 0) is 28.6 Å². The normalized spacial score (nSPS) is 22.2. The van der Waals surface area contributed by atoms with Crippen LogP contribution < -0.4 is 10.2 Å². The van der Waals surface area contributed by atoms with Crippen molar-refractivity contribution in [3.63, 3.8) is 0 Å². The average Bonchev–Trinajstić information content (AvgIpc) is 2.80. The zero-order chi connectivity index (χ0) is 25.0. The molecule has 3 atom stereocenters. The van der Waals surface area contributed by atoms with Crippen molar-refractivity contribution in [3.8, 4) is 0 Å². The number of dihydropyridines is 1. The third kappa shape index (κ3) is 5.01. The third-order valence-electron chi connectivity index (χ3n) is 6.37. The fourth-order valence-electron chi connectivity index (χ4n) is 4.66. The second-order valence-electron chi connectivity index (χ2n) is 8.85. The minimum absolute atomic E-state index is 0.109. The first kappa shape index (κ1) is 25.5. The van der Waals surface area contributed by atoms with E-state index in [1.165, 1.54) is 7.11 Å². The van der Waals surface area contributed by atoms with Crippen molar-refractivity contribution in [2.75, 3.05) is 45.9 Å². The maximum atomic E-state index is 13.7. The molecule has 1 N–H and O–H groups in total. The van der Waals surface area contributed by atoms with E-state index in [-0.39, 0.29) is 18.3 Å².